The Morgan fingerprint density at radius 1 is 1.42 bits per heavy atom. The minimum atomic E-state index is 0.596. The summed E-state index contributed by atoms with van der Waals surface area (Å²) < 4.78 is 2.58. The Morgan fingerprint density at radius 3 is 3.00 bits per heavy atom. The molecule has 0 saturated carbocycles. The lowest BCUT2D eigenvalue weighted by Gasteiger charge is -2.00. The number of thiazole rings is 1. The molecule has 3 rings (SSSR count). The fraction of sp³-hybridized carbons (Fsp3) is 0.250. The van der Waals surface area contributed by atoms with E-state index in [2.05, 4.69) is 21.9 Å². The van der Waals surface area contributed by atoms with E-state index < -0.39 is 0 Å². The van der Waals surface area contributed by atoms with Crippen molar-refractivity contribution in [3.05, 3.63) is 38.1 Å². The highest BCUT2D eigenvalue weighted by Crippen LogP contribution is 2.20. The number of hydrogen-bond acceptors (Lipinski definition) is 4. The lowest BCUT2D eigenvalue weighted by Crippen LogP contribution is -2.00. The van der Waals surface area contributed by atoms with E-state index in [1.165, 1.54) is 4.88 Å². The van der Waals surface area contributed by atoms with Crippen molar-refractivity contribution in [1.82, 2.24) is 19.5 Å². The number of pyridine rings is 1. The first-order valence-corrected chi connectivity index (χ1v) is 7.45. The van der Waals surface area contributed by atoms with Gasteiger partial charge in [0.2, 0.25) is 0 Å². The van der Waals surface area contributed by atoms with Crippen molar-refractivity contribution in [3.63, 3.8) is 0 Å². The molecule has 19 heavy (non-hydrogen) atoms. The summed E-state index contributed by atoms with van der Waals surface area (Å²) in [4.78, 5) is 13.1. The summed E-state index contributed by atoms with van der Waals surface area (Å²) in [5.41, 5.74) is 1.66. The Balaban J connectivity index is 2.05. The van der Waals surface area contributed by atoms with Crippen LogP contribution in [0.3, 0.4) is 0 Å². The molecule has 0 aliphatic carbocycles. The van der Waals surface area contributed by atoms with Gasteiger partial charge in [-0.2, -0.15) is 0 Å². The van der Waals surface area contributed by atoms with Crippen molar-refractivity contribution >= 4 is 46.3 Å². The standard InChI is InChI=1S/C12H11ClN4S2/c1-2-8-5-14-10(19-8)6-17-11-9(16-12(17)18)3-7(13)4-15-11/h3-5H,2,6H2,1H3,(H,16,18). The number of nitrogens with zero attached hydrogens (tertiary/aromatic N) is 3. The summed E-state index contributed by atoms with van der Waals surface area (Å²) in [5.74, 6) is 0. The molecule has 4 nitrogen and oxygen atoms in total. The number of nitrogens with one attached hydrogen (secondary N) is 1. The van der Waals surface area contributed by atoms with Crippen molar-refractivity contribution in [1.29, 1.82) is 0 Å². The van der Waals surface area contributed by atoms with Gasteiger partial charge in [-0.25, -0.2) is 9.97 Å². The lowest BCUT2D eigenvalue weighted by atomic mass is 10.4. The lowest BCUT2D eigenvalue weighted by molar-refractivity contribution is 0.794. The first-order valence-electron chi connectivity index (χ1n) is 5.85. The van der Waals surface area contributed by atoms with Crippen molar-refractivity contribution < 1.29 is 0 Å². The maximum Gasteiger partial charge on any atom is 0.179 e. The van der Waals surface area contributed by atoms with Gasteiger partial charge in [-0.1, -0.05) is 18.5 Å². The molecule has 0 unspecified atom stereocenters. The predicted molar refractivity (Wildman–Crippen MR) is 80.5 cm³/mol. The van der Waals surface area contributed by atoms with Crippen LogP contribution in [0, 0.1) is 4.77 Å². The van der Waals surface area contributed by atoms with Crippen LogP contribution in [0.1, 0.15) is 16.8 Å². The molecule has 0 bridgehead atoms. The highest BCUT2D eigenvalue weighted by molar-refractivity contribution is 7.71. The number of halogens is 1. The van der Waals surface area contributed by atoms with Crippen LogP contribution in [-0.4, -0.2) is 19.5 Å². The van der Waals surface area contributed by atoms with Crippen LogP contribution in [-0.2, 0) is 13.0 Å². The largest absolute Gasteiger partial charge is 0.329 e. The van der Waals surface area contributed by atoms with E-state index in [0.717, 1.165) is 22.6 Å². The maximum atomic E-state index is 5.93. The molecule has 0 aliphatic rings. The van der Waals surface area contributed by atoms with Gasteiger partial charge in [-0.3, -0.25) is 4.57 Å². The zero-order valence-corrected chi connectivity index (χ0v) is 12.6. The Bertz CT molecular complexity index is 786. The van der Waals surface area contributed by atoms with Gasteiger partial charge in [-0.15, -0.1) is 11.3 Å². The SMILES string of the molecule is CCc1cnc(Cn2c(=S)[nH]c3cc(Cl)cnc32)s1. The first kappa shape index (κ1) is 12.8. The van der Waals surface area contributed by atoms with E-state index in [9.17, 15) is 0 Å². The molecule has 0 aromatic carbocycles. The summed E-state index contributed by atoms with van der Waals surface area (Å²) in [6.07, 6.45) is 4.55. The quantitative estimate of drug-likeness (QED) is 0.748. The second-order valence-corrected chi connectivity index (χ2v) is 6.14. The van der Waals surface area contributed by atoms with Gasteiger partial charge in [0.1, 0.15) is 5.01 Å². The summed E-state index contributed by atoms with van der Waals surface area (Å²) in [5, 5.41) is 1.63. The Hall–Kier alpha value is -1.24. The van der Waals surface area contributed by atoms with Crippen molar-refractivity contribution in [3.8, 4) is 0 Å². The molecule has 0 amide bonds. The van der Waals surface area contributed by atoms with E-state index in [1.807, 2.05) is 16.8 Å². The van der Waals surface area contributed by atoms with Gasteiger partial charge in [0.05, 0.1) is 17.1 Å². The normalized spacial score (nSPS) is 11.3. The molecule has 3 aromatic heterocycles. The fourth-order valence-corrected chi connectivity index (χ4v) is 3.15. The van der Waals surface area contributed by atoms with Crippen LogP contribution in [0.4, 0.5) is 0 Å². The van der Waals surface area contributed by atoms with E-state index in [4.69, 9.17) is 23.8 Å². The average molecular weight is 311 g/mol. The van der Waals surface area contributed by atoms with E-state index >= 15 is 0 Å². The van der Waals surface area contributed by atoms with Crippen molar-refractivity contribution in [2.45, 2.75) is 19.9 Å². The van der Waals surface area contributed by atoms with E-state index in [0.29, 0.717) is 16.3 Å². The molecule has 0 atom stereocenters. The van der Waals surface area contributed by atoms with Crippen LogP contribution >= 0.6 is 35.2 Å². The third-order valence-corrected chi connectivity index (χ3v) is 4.47. The Labute approximate surface area is 124 Å². The third-order valence-electron chi connectivity index (χ3n) is 2.82. The molecule has 1 N–H and O–H groups in total. The van der Waals surface area contributed by atoms with Crippen LogP contribution in [0.15, 0.2) is 18.5 Å². The molecular weight excluding hydrogens is 300 g/mol. The number of aromatic amines is 1. The summed E-state index contributed by atoms with van der Waals surface area (Å²) in [7, 11) is 0. The van der Waals surface area contributed by atoms with Crippen LogP contribution in [0.2, 0.25) is 5.02 Å². The molecule has 0 fully saturated rings. The Kier molecular flexibility index (Phi) is 3.38. The molecule has 0 spiro atoms. The fourth-order valence-electron chi connectivity index (χ4n) is 1.88. The summed E-state index contributed by atoms with van der Waals surface area (Å²) in [6, 6.07) is 1.83. The molecule has 0 radical (unpaired) electrons. The minimum absolute atomic E-state index is 0.596. The molecule has 3 heterocycles. The van der Waals surface area contributed by atoms with Gasteiger partial charge in [0.25, 0.3) is 0 Å². The molecule has 0 saturated heterocycles. The van der Waals surface area contributed by atoms with Crippen LogP contribution in [0.25, 0.3) is 11.2 Å². The number of fused-ring (bicyclic) bond motifs is 1. The number of aryl methyl sites for hydroxylation is 1. The van der Waals surface area contributed by atoms with Crippen molar-refractivity contribution in [2.75, 3.05) is 0 Å². The highest BCUT2D eigenvalue weighted by atomic mass is 35.5. The second-order valence-electron chi connectivity index (χ2n) is 4.11. The number of hydrogen-bond donors (Lipinski definition) is 1. The number of rotatable bonds is 3. The van der Waals surface area contributed by atoms with E-state index in [-0.39, 0.29) is 0 Å². The smallest absolute Gasteiger partial charge is 0.179 e. The van der Waals surface area contributed by atoms with Crippen LogP contribution < -0.4 is 0 Å². The molecule has 0 aliphatic heterocycles. The molecular formula is C12H11ClN4S2. The second kappa shape index (κ2) is 5.03. The topological polar surface area (TPSA) is 46.5 Å². The number of imidazole rings is 1. The molecule has 3 aromatic rings. The third kappa shape index (κ3) is 2.43. The molecule has 98 valence electrons. The summed E-state index contributed by atoms with van der Waals surface area (Å²) >= 11 is 13.0. The molecule has 7 heteroatoms. The van der Waals surface area contributed by atoms with Crippen LogP contribution in [0.5, 0.6) is 0 Å². The predicted octanol–water partition coefficient (Wildman–Crippen LogP) is 3.81. The van der Waals surface area contributed by atoms with E-state index in [1.54, 1.807) is 17.5 Å². The average Bonchev–Trinajstić information content (AvgIpc) is 2.95. The van der Waals surface area contributed by atoms with Gasteiger partial charge in [0.15, 0.2) is 10.4 Å². The Morgan fingerprint density at radius 2 is 2.26 bits per heavy atom. The number of aromatic nitrogens is 4. The monoisotopic (exact) mass is 310 g/mol. The van der Waals surface area contributed by atoms with Crippen molar-refractivity contribution in [2.24, 2.45) is 0 Å². The van der Waals surface area contributed by atoms with Gasteiger partial charge in [-0.05, 0) is 24.7 Å². The summed E-state index contributed by atoms with van der Waals surface area (Å²) in [6.45, 7) is 2.76. The zero-order chi connectivity index (χ0) is 13.4. The number of H-pyrrole nitrogens is 1. The minimum Gasteiger partial charge on any atom is -0.329 e. The van der Waals surface area contributed by atoms with Gasteiger partial charge >= 0.3 is 0 Å². The van der Waals surface area contributed by atoms with Gasteiger partial charge < -0.3 is 4.98 Å². The van der Waals surface area contributed by atoms with Gasteiger partial charge in [0, 0.05) is 17.3 Å². The zero-order valence-electron chi connectivity index (χ0n) is 10.2. The first-order chi connectivity index (χ1) is 9.17. The highest BCUT2D eigenvalue weighted by Gasteiger charge is 2.09. The maximum absolute atomic E-state index is 5.93.